The van der Waals surface area contributed by atoms with Crippen molar-refractivity contribution in [2.24, 2.45) is 0 Å². The molecule has 1 N–H and O–H groups in total. The molecule has 15 heteroatoms. The molecule has 1 aliphatic carbocycles. The van der Waals surface area contributed by atoms with Gasteiger partial charge in [-0.15, -0.1) is 10.2 Å². The third kappa shape index (κ3) is 4.12. The lowest BCUT2D eigenvalue weighted by atomic mass is 10.1. The molecule has 0 radical (unpaired) electrons. The lowest BCUT2D eigenvalue weighted by Gasteiger charge is -2.43. The molecule has 3 aromatic rings. The number of pyridine rings is 1. The first-order chi connectivity index (χ1) is 17.3. The predicted molar refractivity (Wildman–Crippen MR) is 125 cm³/mol. The molecule has 0 unspecified atom stereocenters. The molecule has 11 nitrogen and oxygen atoms in total. The summed E-state index contributed by atoms with van der Waals surface area (Å²) in [6, 6.07) is 4.04. The van der Waals surface area contributed by atoms with Gasteiger partial charge >= 0.3 is 0 Å². The normalized spacial score (nSPS) is 20.6. The third-order valence-corrected chi connectivity index (χ3v) is 9.24. The fourth-order valence-corrected chi connectivity index (χ4v) is 6.55. The molecule has 3 aliphatic rings. The first-order valence-electron chi connectivity index (χ1n) is 11.4. The van der Waals surface area contributed by atoms with Gasteiger partial charge < -0.3 is 9.64 Å². The number of ether oxygens (including phenoxy) is 1. The van der Waals surface area contributed by atoms with Crippen molar-refractivity contribution in [1.82, 2.24) is 29.2 Å². The summed E-state index contributed by atoms with van der Waals surface area (Å²) >= 11 is 0.709. The van der Waals surface area contributed by atoms with Crippen LogP contribution in [0.25, 0.3) is 16.3 Å². The summed E-state index contributed by atoms with van der Waals surface area (Å²) in [5.41, 5.74) is 0.189. The van der Waals surface area contributed by atoms with Gasteiger partial charge in [0, 0.05) is 32.4 Å². The zero-order valence-corrected chi connectivity index (χ0v) is 20.6. The summed E-state index contributed by atoms with van der Waals surface area (Å²) in [6.45, 7) is 4.36. The van der Waals surface area contributed by atoms with Gasteiger partial charge in [-0.25, -0.2) is 22.2 Å². The number of piperazine rings is 1. The maximum atomic E-state index is 13.3. The van der Waals surface area contributed by atoms with Gasteiger partial charge in [-0.3, -0.25) is 9.30 Å². The zero-order chi connectivity index (χ0) is 25.1. The summed E-state index contributed by atoms with van der Waals surface area (Å²) in [7, 11) is -4.05. The molecule has 0 atom stereocenters. The van der Waals surface area contributed by atoms with Crippen molar-refractivity contribution in [2.45, 2.75) is 35.7 Å². The fraction of sp³-hybridized carbons (Fsp3) is 0.524. The van der Waals surface area contributed by atoms with E-state index in [4.69, 9.17) is 4.74 Å². The number of sulfonamides is 1. The molecule has 2 aliphatic heterocycles. The van der Waals surface area contributed by atoms with Gasteiger partial charge in [-0.2, -0.15) is 9.98 Å². The van der Waals surface area contributed by atoms with Crippen molar-refractivity contribution in [2.75, 3.05) is 44.3 Å². The second-order valence-corrected chi connectivity index (χ2v) is 11.8. The van der Waals surface area contributed by atoms with Crippen LogP contribution in [0, 0.1) is 11.3 Å². The number of rotatable bonds is 7. The Morgan fingerprint density at radius 2 is 1.97 bits per heavy atom. The molecule has 1 saturated carbocycles. The first kappa shape index (κ1) is 23.6. The van der Waals surface area contributed by atoms with E-state index in [1.807, 2.05) is 6.07 Å². The Bertz CT molecular complexity index is 1450. The molecule has 5 heterocycles. The van der Waals surface area contributed by atoms with E-state index in [0.717, 1.165) is 26.3 Å². The number of fused-ring (bicyclic) bond motifs is 1. The number of imidazole rings is 1. The summed E-state index contributed by atoms with van der Waals surface area (Å²) in [4.78, 5) is 8.80. The van der Waals surface area contributed by atoms with Gasteiger partial charge in [-0.05, 0) is 18.9 Å². The second-order valence-electron chi connectivity index (χ2n) is 9.16. The Kier molecular flexibility index (Phi) is 5.68. The Morgan fingerprint density at radius 3 is 2.56 bits per heavy atom. The molecule has 0 bridgehead atoms. The minimum atomic E-state index is -4.05. The molecule has 2 saturated heterocycles. The van der Waals surface area contributed by atoms with E-state index in [1.165, 1.54) is 6.20 Å². The van der Waals surface area contributed by atoms with Crippen molar-refractivity contribution >= 4 is 32.6 Å². The Hall–Kier alpha value is -2.77. The van der Waals surface area contributed by atoms with Crippen molar-refractivity contribution in [1.29, 1.82) is 5.26 Å². The van der Waals surface area contributed by atoms with Gasteiger partial charge in [0.05, 0.1) is 42.7 Å². The lowest BCUT2D eigenvalue weighted by Crippen LogP contribution is -2.56. The number of hydrogen-bond acceptors (Lipinski definition) is 10. The number of anilines is 1. The van der Waals surface area contributed by atoms with Crippen LogP contribution in [0.2, 0.25) is 0 Å². The van der Waals surface area contributed by atoms with E-state index >= 15 is 0 Å². The first-order valence-corrected chi connectivity index (χ1v) is 13.7. The van der Waals surface area contributed by atoms with Gasteiger partial charge in [-0.1, -0.05) is 11.3 Å². The van der Waals surface area contributed by atoms with Crippen LogP contribution < -0.4 is 9.62 Å². The average Bonchev–Trinajstić information content (AvgIpc) is 3.22. The molecule has 36 heavy (non-hydrogen) atoms. The number of nitrogens with one attached hydrogen (secondary N) is 1. The second kappa shape index (κ2) is 8.67. The summed E-state index contributed by atoms with van der Waals surface area (Å²) < 4.78 is 62.3. The number of hydrogen-bond donors (Lipinski definition) is 1. The number of nitrogens with zero attached hydrogens (tertiary/aromatic N) is 7. The number of alkyl halides is 2. The maximum Gasteiger partial charge on any atom is 0.291 e. The minimum Gasteiger partial charge on any atom is -0.378 e. The molecule has 3 aromatic heterocycles. The van der Waals surface area contributed by atoms with E-state index in [2.05, 4.69) is 29.7 Å². The standard InChI is InChI=1S/C21H22F2N8O3S2/c22-17(23)19-26-27-20(35-19)18-25-8-16-15(30-5-3-29(4-6-30)13-10-34-11-13)7-14(9-31(16)18)36(32,33)28-21(12-24)1-2-21/h7-9,13,17,28H,1-6,10-11H2. The lowest BCUT2D eigenvalue weighted by molar-refractivity contribution is -0.0660. The molecule has 0 spiro atoms. The molecule has 0 amide bonds. The van der Waals surface area contributed by atoms with Crippen LogP contribution in [-0.2, 0) is 14.8 Å². The van der Waals surface area contributed by atoms with Crippen LogP contribution in [-0.4, -0.2) is 83.9 Å². The van der Waals surface area contributed by atoms with Crippen molar-refractivity contribution < 1.29 is 21.9 Å². The van der Waals surface area contributed by atoms with E-state index < -0.39 is 27.0 Å². The van der Waals surface area contributed by atoms with E-state index in [9.17, 15) is 22.5 Å². The highest BCUT2D eigenvalue weighted by Gasteiger charge is 2.47. The van der Waals surface area contributed by atoms with Gasteiger partial charge in [0.1, 0.15) is 10.4 Å². The van der Waals surface area contributed by atoms with Gasteiger partial charge in [0.25, 0.3) is 6.43 Å². The van der Waals surface area contributed by atoms with E-state index in [1.54, 1.807) is 16.7 Å². The average molecular weight is 537 g/mol. The topological polar surface area (TPSA) is 129 Å². The third-order valence-electron chi connectivity index (χ3n) is 6.81. The largest absolute Gasteiger partial charge is 0.378 e. The summed E-state index contributed by atoms with van der Waals surface area (Å²) in [5, 5.41) is 16.5. The monoisotopic (exact) mass is 536 g/mol. The SMILES string of the molecule is N#CC1(NS(=O)(=O)c2cc(N3CCN(C4COC4)CC3)c3cnc(-c4nnc(C(F)F)s4)n3c2)CC1. The van der Waals surface area contributed by atoms with E-state index in [-0.39, 0.29) is 15.7 Å². The van der Waals surface area contributed by atoms with Crippen LogP contribution in [0.4, 0.5) is 14.5 Å². The number of halogens is 2. The molecule has 6 rings (SSSR count). The smallest absolute Gasteiger partial charge is 0.291 e. The highest BCUT2D eigenvalue weighted by atomic mass is 32.2. The number of aromatic nitrogens is 4. The van der Waals surface area contributed by atoms with Crippen LogP contribution in [0.5, 0.6) is 0 Å². The van der Waals surface area contributed by atoms with Crippen LogP contribution >= 0.6 is 11.3 Å². The molecule has 3 fully saturated rings. The van der Waals surface area contributed by atoms with Gasteiger partial charge in [0.2, 0.25) is 10.0 Å². The summed E-state index contributed by atoms with van der Waals surface area (Å²) in [6.07, 6.45) is 1.10. The zero-order valence-electron chi connectivity index (χ0n) is 19.0. The van der Waals surface area contributed by atoms with Crippen LogP contribution in [0.3, 0.4) is 0 Å². The van der Waals surface area contributed by atoms with E-state index in [0.29, 0.717) is 54.5 Å². The van der Waals surface area contributed by atoms with Crippen molar-refractivity contribution in [3.05, 3.63) is 23.5 Å². The molecule has 0 aromatic carbocycles. The Balaban J connectivity index is 1.41. The van der Waals surface area contributed by atoms with Crippen molar-refractivity contribution in [3.63, 3.8) is 0 Å². The van der Waals surface area contributed by atoms with Crippen LogP contribution in [0.15, 0.2) is 23.4 Å². The minimum absolute atomic E-state index is 0.0424. The molecular weight excluding hydrogens is 514 g/mol. The fourth-order valence-electron chi connectivity index (χ4n) is 4.47. The Morgan fingerprint density at radius 1 is 1.22 bits per heavy atom. The quantitative estimate of drug-likeness (QED) is 0.479. The molecule has 190 valence electrons. The van der Waals surface area contributed by atoms with Gasteiger partial charge in [0.15, 0.2) is 15.8 Å². The summed E-state index contributed by atoms with van der Waals surface area (Å²) in [5.74, 6) is 0.222. The molecular formula is C21H22F2N8O3S2. The highest BCUT2D eigenvalue weighted by Crippen LogP contribution is 2.37. The number of nitriles is 1. The highest BCUT2D eigenvalue weighted by molar-refractivity contribution is 7.89. The predicted octanol–water partition coefficient (Wildman–Crippen LogP) is 1.65. The van der Waals surface area contributed by atoms with Crippen LogP contribution in [0.1, 0.15) is 24.3 Å². The Labute approximate surface area is 209 Å². The maximum absolute atomic E-state index is 13.3. The van der Waals surface area contributed by atoms with Crippen molar-refractivity contribution in [3.8, 4) is 16.9 Å².